The Hall–Kier alpha value is -0.910. The van der Waals surface area contributed by atoms with E-state index >= 15 is 0 Å². The van der Waals surface area contributed by atoms with Crippen LogP contribution in [0.5, 0.6) is 5.75 Å². The second kappa shape index (κ2) is 11.2. The normalized spacial score (nSPS) is 25.4. The molecule has 0 spiro atoms. The third-order valence-corrected chi connectivity index (χ3v) is 5.77. The van der Waals surface area contributed by atoms with Crippen molar-refractivity contribution in [3.8, 4) is 5.75 Å². The van der Waals surface area contributed by atoms with E-state index in [2.05, 4.69) is 19.1 Å². The summed E-state index contributed by atoms with van der Waals surface area (Å²) in [6.45, 7) is 3.10. The summed E-state index contributed by atoms with van der Waals surface area (Å²) in [5, 5.41) is 0. The minimum Gasteiger partial charge on any atom is -0.494 e. The molecule has 3 N–H and O–H groups in total. The fourth-order valence-corrected chi connectivity index (χ4v) is 4.03. The summed E-state index contributed by atoms with van der Waals surface area (Å²) in [5.74, 6) is 0.912. The maximum absolute atomic E-state index is 11.2. The molecule has 0 atom stereocenters. The Bertz CT molecular complexity index is 581. The molecule has 154 valence electrons. The first-order chi connectivity index (χ1) is 12.9. The van der Waals surface area contributed by atoms with Gasteiger partial charge in [0.05, 0.1) is 25.4 Å². The molecule has 0 unspecified atom stereocenters. The molecule has 0 aliphatic carbocycles. The van der Waals surface area contributed by atoms with Crippen LogP contribution in [0.25, 0.3) is 0 Å². The fourth-order valence-electron chi connectivity index (χ4n) is 3.11. The second-order valence-corrected chi connectivity index (χ2v) is 8.95. The molecule has 2 rings (SSSR count). The van der Waals surface area contributed by atoms with Gasteiger partial charge in [-0.3, -0.25) is 9.05 Å². The summed E-state index contributed by atoms with van der Waals surface area (Å²) in [7, 11) is -3.88. The Morgan fingerprint density at radius 1 is 1.07 bits per heavy atom. The van der Waals surface area contributed by atoms with Gasteiger partial charge in [0.1, 0.15) is 5.75 Å². The monoisotopic (exact) mass is 399 g/mol. The highest BCUT2D eigenvalue weighted by atomic mass is 31.2. The lowest BCUT2D eigenvalue weighted by Gasteiger charge is -2.34. The number of unbranched alkanes of at least 4 members (excludes halogenated alkanes) is 5. The van der Waals surface area contributed by atoms with Crippen LogP contribution >= 0.6 is 7.82 Å². The molecule has 0 amide bonds. The molecule has 0 saturated carbocycles. The first-order valence-corrected chi connectivity index (χ1v) is 11.5. The van der Waals surface area contributed by atoms with Gasteiger partial charge in [-0.2, -0.15) is 0 Å². The van der Waals surface area contributed by atoms with E-state index in [0.29, 0.717) is 6.42 Å². The van der Waals surface area contributed by atoms with E-state index in [4.69, 9.17) is 19.5 Å². The van der Waals surface area contributed by atoms with Gasteiger partial charge in [0.25, 0.3) is 0 Å². The van der Waals surface area contributed by atoms with E-state index < -0.39 is 13.4 Å². The Balaban J connectivity index is 1.61. The molecule has 0 aromatic heterocycles. The average Bonchev–Trinajstić information content (AvgIpc) is 2.65. The fraction of sp³-hybridized carbons (Fsp3) is 0.700. The Labute approximate surface area is 163 Å². The van der Waals surface area contributed by atoms with Gasteiger partial charge in [-0.15, -0.1) is 0 Å². The van der Waals surface area contributed by atoms with Crippen LogP contribution in [0.1, 0.15) is 63.9 Å². The van der Waals surface area contributed by atoms with Crippen LogP contribution in [-0.2, 0) is 20.0 Å². The lowest BCUT2D eigenvalue weighted by atomic mass is 9.94. The Morgan fingerprint density at radius 2 is 1.70 bits per heavy atom. The minimum absolute atomic E-state index is 0.0476. The van der Waals surface area contributed by atoms with E-state index in [1.165, 1.54) is 37.7 Å². The maximum Gasteiger partial charge on any atom is 0.472 e. The van der Waals surface area contributed by atoms with Gasteiger partial charge < -0.3 is 15.4 Å². The molecular weight excluding hydrogens is 365 g/mol. The summed E-state index contributed by atoms with van der Waals surface area (Å²) in [5.41, 5.74) is 6.69. The third-order valence-electron chi connectivity index (χ3n) is 4.86. The molecule has 1 aliphatic heterocycles. The number of hydrogen-bond acceptors (Lipinski definition) is 5. The summed E-state index contributed by atoms with van der Waals surface area (Å²) in [4.78, 5) is 9.21. The number of phosphoric ester groups is 1. The zero-order valence-corrected chi connectivity index (χ0v) is 17.3. The predicted molar refractivity (Wildman–Crippen MR) is 107 cm³/mol. The van der Waals surface area contributed by atoms with Crippen LogP contribution in [0.4, 0.5) is 0 Å². The first kappa shape index (κ1) is 22.4. The zero-order valence-electron chi connectivity index (χ0n) is 16.4. The molecular formula is C20H34NO5P. The minimum atomic E-state index is -3.88. The van der Waals surface area contributed by atoms with Gasteiger partial charge in [-0.25, -0.2) is 4.57 Å². The smallest absolute Gasteiger partial charge is 0.472 e. The largest absolute Gasteiger partial charge is 0.494 e. The van der Waals surface area contributed by atoms with Crippen molar-refractivity contribution >= 4 is 7.82 Å². The molecule has 7 heteroatoms. The Kier molecular flexibility index (Phi) is 9.27. The van der Waals surface area contributed by atoms with Gasteiger partial charge in [-0.05, 0) is 43.4 Å². The van der Waals surface area contributed by atoms with E-state index in [1.807, 2.05) is 12.1 Å². The SMILES string of the molecule is CCCCCCCCOc1ccc(CCCC2(N)COP(=O)(O)OC2)cc1. The molecule has 1 aromatic rings. The van der Waals surface area contributed by atoms with E-state index in [1.54, 1.807) is 0 Å². The highest BCUT2D eigenvalue weighted by molar-refractivity contribution is 7.47. The van der Waals surface area contributed by atoms with Crippen molar-refractivity contribution in [1.82, 2.24) is 0 Å². The van der Waals surface area contributed by atoms with E-state index in [0.717, 1.165) is 31.6 Å². The molecule has 0 bridgehead atoms. The van der Waals surface area contributed by atoms with Gasteiger partial charge in [-0.1, -0.05) is 51.2 Å². The van der Waals surface area contributed by atoms with Crippen molar-refractivity contribution in [1.29, 1.82) is 0 Å². The number of benzene rings is 1. The van der Waals surface area contributed by atoms with Gasteiger partial charge in [0, 0.05) is 0 Å². The van der Waals surface area contributed by atoms with Crippen molar-refractivity contribution in [3.63, 3.8) is 0 Å². The summed E-state index contributed by atoms with van der Waals surface area (Å²) in [6.07, 6.45) is 9.98. The van der Waals surface area contributed by atoms with Gasteiger partial charge in [0.15, 0.2) is 0 Å². The van der Waals surface area contributed by atoms with Crippen LogP contribution in [-0.4, -0.2) is 30.3 Å². The molecule has 0 radical (unpaired) electrons. The summed E-state index contributed by atoms with van der Waals surface area (Å²) in [6, 6.07) is 8.18. The molecule has 6 nitrogen and oxygen atoms in total. The van der Waals surface area contributed by atoms with Gasteiger partial charge in [0.2, 0.25) is 0 Å². The van der Waals surface area contributed by atoms with Crippen LogP contribution in [0, 0.1) is 0 Å². The van der Waals surface area contributed by atoms with Crippen LogP contribution in [0.3, 0.4) is 0 Å². The lowest BCUT2D eigenvalue weighted by Crippen LogP contribution is -2.50. The molecule has 1 aliphatic rings. The highest BCUT2D eigenvalue weighted by Crippen LogP contribution is 2.47. The second-order valence-electron chi connectivity index (χ2n) is 7.49. The average molecular weight is 399 g/mol. The number of ether oxygens (including phenoxy) is 1. The summed E-state index contributed by atoms with van der Waals surface area (Å²) >= 11 is 0. The van der Waals surface area contributed by atoms with Crippen molar-refractivity contribution in [3.05, 3.63) is 29.8 Å². The van der Waals surface area contributed by atoms with Crippen molar-refractivity contribution in [2.24, 2.45) is 5.73 Å². The van der Waals surface area contributed by atoms with E-state index in [9.17, 15) is 9.46 Å². The number of phosphoric acid groups is 1. The summed E-state index contributed by atoms with van der Waals surface area (Å²) < 4.78 is 26.7. The van der Waals surface area contributed by atoms with Crippen LogP contribution in [0.15, 0.2) is 24.3 Å². The molecule has 1 aromatic carbocycles. The first-order valence-electron chi connectivity index (χ1n) is 10.0. The maximum atomic E-state index is 11.2. The topological polar surface area (TPSA) is 91.0 Å². The molecule has 1 heterocycles. The lowest BCUT2D eigenvalue weighted by molar-refractivity contribution is 0.0362. The van der Waals surface area contributed by atoms with Crippen LogP contribution < -0.4 is 10.5 Å². The van der Waals surface area contributed by atoms with Crippen LogP contribution in [0.2, 0.25) is 0 Å². The number of hydrogen-bond donors (Lipinski definition) is 2. The van der Waals surface area contributed by atoms with E-state index in [-0.39, 0.29) is 13.2 Å². The number of nitrogens with two attached hydrogens (primary N) is 1. The van der Waals surface area contributed by atoms with Crippen molar-refractivity contribution in [2.45, 2.75) is 70.3 Å². The quantitative estimate of drug-likeness (QED) is 0.394. The number of rotatable bonds is 12. The highest BCUT2D eigenvalue weighted by Gasteiger charge is 2.38. The Morgan fingerprint density at radius 3 is 2.37 bits per heavy atom. The molecule has 1 saturated heterocycles. The molecule has 27 heavy (non-hydrogen) atoms. The van der Waals surface area contributed by atoms with Crippen molar-refractivity contribution in [2.75, 3.05) is 19.8 Å². The van der Waals surface area contributed by atoms with Gasteiger partial charge >= 0.3 is 7.82 Å². The third kappa shape index (κ3) is 8.75. The molecule has 1 fully saturated rings. The predicted octanol–water partition coefficient (Wildman–Crippen LogP) is 4.59. The standard InChI is InChI=1S/C20H34NO5P/c1-2-3-4-5-6-7-15-24-19-12-10-18(11-13-19)9-8-14-20(21)16-25-27(22,23)26-17-20/h10-13H,2-9,14-17,21H2,1H3,(H,22,23). The van der Waals surface area contributed by atoms with Crippen molar-refractivity contribution < 1.29 is 23.2 Å². The number of aryl methyl sites for hydroxylation is 1. The zero-order chi connectivity index (χ0) is 19.6.